The number of hydrogen-bond acceptors (Lipinski definition) is 1. The molecule has 1 aromatic carbocycles. The van der Waals surface area contributed by atoms with Crippen molar-refractivity contribution in [3.8, 4) is 0 Å². The second-order valence-corrected chi connectivity index (χ2v) is 5.48. The third-order valence-corrected chi connectivity index (χ3v) is 3.58. The molecule has 0 radical (unpaired) electrons. The molecule has 1 nitrogen and oxygen atoms in total. The second-order valence-electron chi connectivity index (χ2n) is 3.48. The van der Waals surface area contributed by atoms with Crippen LogP contribution in [0, 0.1) is 0 Å². The zero-order chi connectivity index (χ0) is 10.1. The standard InChI is InChI=1S/C11H12ClNS/c1-7(2)14-10-4-3-9-8(11(10)12)5-6-13-9/h3-7,13H,1-2H3. The van der Waals surface area contributed by atoms with E-state index in [1.54, 1.807) is 11.8 Å². The smallest absolute Gasteiger partial charge is 0.0635 e. The van der Waals surface area contributed by atoms with Crippen LogP contribution in [-0.2, 0) is 0 Å². The van der Waals surface area contributed by atoms with Crippen molar-refractivity contribution >= 4 is 34.3 Å². The van der Waals surface area contributed by atoms with Gasteiger partial charge in [0.05, 0.1) is 5.02 Å². The Kier molecular flexibility index (Phi) is 2.75. The fourth-order valence-corrected chi connectivity index (χ4v) is 2.65. The zero-order valence-electron chi connectivity index (χ0n) is 8.17. The van der Waals surface area contributed by atoms with Gasteiger partial charge in [-0.2, -0.15) is 0 Å². The second kappa shape index (κ2) is 3.87. The molecule has 1 N–H and O–H groups in total. The SMILES string of the molecule is CC(C)Sc1ccc2[nH]ccc2c1Cl. The first-order valence-corrected chi connectivity index (χ1v) is 5.86. The lowest BCUT2D eigenvalue weighted by atomic mass is 10.2. The highest BCUT2D eigenvalue weighted by Crippen LogP contribution is 2.35. The van der Waals surface area contributed by atoms with E-state index in [9.17, 15) is 0 Å². The third-order valence-electron chi connectivity index (χ3n) is 2.00. The maximum absolute atomic E-state index is 6.29. The summed E-state index contributed by atoms with van der Waals surface area (Å²) in [6.07, 6.45) is 1.92. The number of H-pyrrole nitrogens is 1. The molecule has 0 bridgehead atoms. The predicted molar refractivity (Wildman–Crippen MR) is 64.3 cm³/mol. The average Bonchev–Trinajstić information content (AvgIpc) is 2.57. The minimum Gasteiger partial charge on any atom is -0.361 e. The van der Waals surface area contributed by atoms with Gasteiger partial charge in [-0.25, -0.2) is 0 Å². The summed E-state index contributed by atoms with van der Waals surface area (Å²) >= 11 is 8.08. The van der Waals surface area contributed by atoms with Gasteiger partial charge in [0.15, 0.2) is 0 Å². The van der Waals surface area contributed by atoms with Crippen molar-refractivity contribution in [2.24, 2.45) is 0 Å². The van der Waals surface area contributed by atoms with Gasteiger partial charge in [0.1, 0.15) is 0 Å². The highest BCUT2D eigenvalue weighted by molar-refractivity contribution is 8.00. The van der Waals surface area contributed by atoms with Gasteiger partial charge in [0.25, 0.3) is 0 Å². The van der Waals surface area contributed by atoms with Crippen molar-refractivity contribution in [1.29, 1.82) is 0 Å². The number of aromatic amines is 1. The molecular formula is C11H12ClNS. The molecule has 2 rings (SSSR count). The Morgan fingerprint density at radius 1 is 1.29 bits per heavy atom. The lowest BCUT2D eigenvalue weighted by Gasteiger charge is -2.07. The molecule has 2 aromatic rings. The van der Waals surface area contributed by atoms with E-state index < -0.39 is 0 Å². The van der Waals surface area contributed by atoms with Gasteiger partial charge in [-0.1, -0.05) is 25.4 Å². The Morgan fingerprint density at radius 3 is 2.79 bits per heavy atom. The number of rotatable bonds is 2. The van der Waals surface area contributed by atoms with Crippen LogP contribution >= 0.6 is 23.4 Å². The van der Waals surface area contributed by atoms with E-state index in [0.29, 0.717) is 5.25 Å². The summed E-state index contributed by atoms with van der Waals surface area (Å²) in [5.41, 5.74) is 1.10. The molecule has 0 unspecified atom stereocenters. The summed E-state index contributed by atoms with van der Waals surface area (Å²) in [4.78, 5) is 4.31. The Hall–Kier alpha value is -0.600. The molecule has 1 heterocycles. The first-order chi connectivity index (χ1) is 6.68. The van der Waals surface area contributed by atoms with E-state index >= 15 is 0 Å². The van der Waals surface area contributed by atoms with Crippen LogP contribution in [0.4, 0.5) is 0 Å². The van der Waals surface area contributed by atoms with Crippen LogP contribution in [-0.4, -0.2) is 10.2 Å². The van der Waals surface area contributed by atoms with Crippen LogP contribution in [0.15, 0.2) is 29.3 Å². The molecular weight excluding hydrogens is 214 g/mol. The van der Waals surface area contributed by atoms with Crippen LogP contribution in [0.25, 0.3) is 10.9 Å². The summed E-state index contributed by atoms with van der Waals surface area (Å²) in [6.45, 7) is 4.34. The topological polar surface area (TPSA) is 15.8 Å². The Labute approximate surface area is 92.8 Å². The van der Waals surface area contributed by atoms with Crippen molar-refractivity contribution < 1.29 is 0 Å². The van der Waals surface area contributed by atoms with Crippen molar-refractivity contribution in [3.63, 3.8) is 0 Å². The number of halogens is 1. The lowest BCUT2D eigenvalue weighted by Crippen LogP contribution is -1.86. The molecule has 3 heteroatoms. The zero-order valence-corrected chi connectivity index (χ0v) is 9.75. The highest BCUT2D eigenvalue weighted by Gasteiger charge is 2.07. The van der Waals surface area contributed by atoms with Crippen LogP contribution in [0.5, 0.6) is 0 Å². The van der Waals surface area contributed by atoms with Crippen LogP contribution in [0.2, 0.25) is 5.02 Å². The Bertz CT molecular complexity index is 447. The first-order valence-electron chi connectivity index (χ1n) is 4.60. The van der Waals surface area contributed by atoms with E-state index in [2.05, 4.69) is 31.0 Å². The van der Waals surface area contributed by atoms with Crippen LogP contribution in [0.1, 0.15) is 13.8 Å². The first kappa shape index (κ1) is 9.94. The largest absolute Gasteiger partial charge is 0.361 e. The third kappa shape index (κ3) is 1.77. The fraction of sp³-hybridized carbons (Fsp3) is 0.273. The summed E-state index contributed by atoms with van der Waals surface area (Å²) in [6, 6.07) is 6.17. The van der Waals surface area contributed by atoms with Gasteiger partial charge in [-0.3, -0.25) is 0 Å². The molecule has 0 atom stereocenters. The van der Waals surface area contributed by atoms with E-state index in [4.69, 9.17) is 11.6 Å². The van der Waals surface area contributed by atoms with Crippen molar-refractivity contribution in [3.05, 3.63) is 29.4 Å². The molecule has 0 aliphatic carbocycles. The van der Waals surface area contributed by atoms with Gasteiger partial charge < -0.3 is 4.98 Å². The molecule has 0 aliphatic heterocycles. The van der Waals surface area contributed by atoms with Crippen molar-refractivity contribution in [2.75, 3.05) is 0 Å². The molecule has 0 aliphatic rings. The normalized spacial score (nSPS) is 11.4. The fourth-order valence-electron chi connectivity index (χ4n) is 1.42. The molecule has 0 spiro atoms. The van der Waals surface area contributed by atoms with E-state index in [0.717, 1.165) is 20.8 Å². The summed E-state index contributed by atoms with van der Waals surface area (Å²) in [5.74, 6) is 0. The summed E-state index contributed by atoms with van der Waals surface area (Å²) in [5, 5.41) is 2.53. The number of nitrogens with one attached hydrogen (secondary N) is 1. The molecule has 1 aromatic heterocycles. The average molecular weight is 226 g/mol. The monoisotopic (exact) mass is 225 g/mol. The molecule has 14 heavy (non-hydrogen) atoms. The number of fused-ring (bicyclic) bond motifs is 1. The van der Waals surface area contributed by atoms with Crippen molar-refractivity contribution in [2.45, 2.75) is 24.0 Å². The Balaban J connectivity index is 2.51. The van der Waals surface area contributed by atoms with E-state index in [1.807, 2.05) is 12.3 Å². The summed E-state index contributed by atoms with van der Waals surface area (Å²) in [7, 11) is 0. The Morgan fingerprint density at radius 2 is 2.07 bits per heavy atom. The van der Waals surface area contributed by atoms with E-state index in [-0.39, 0.29) is 0 Å². The maximum Gasteiger partial charge on any atom is 0.0635 e. The van der Waals surface area contributed by atoms with Crippen molar-refractivity contribution in [1.82, 2.24) is 4.98 Å². The van der Waals surface area contributed by atoms with Crippen LogP contribution < -0.4 is 0 Å². The van der Waals surface area contributed by atoms with E-state index in [1.165, 1.54) is 0 Å². The molecule has 0 saturated heterocycles. The maximum atomic E-state index is 6.29. The van der Waals surface area contributed by atoms with Gasteiger partial charge in [-0.05, 0) is 18.2 Å². The lowest BCUT2D eigenvalue weighted by molar-refractivity contribution is 1.11. The van der Waals surface area contributed by atoms with Gasteiger partial charge in [0, 0.05) is 27.2 Å². The van der Waals surface area contributed by atoms with Gasteiger partial charge in [0.2, 0.25) is 0 Å². The number of benzene rings is 1. The molecule has 74 valence electrons. The summed E-state index contributed by atoms with van der Waals surface area (Å²) < 4.78 is 0. The molecule has 0 fully saturated rings. The number of hydrogen-bond donors (Lipinski definition) is 1. The molecule has 0 amide bonds. The predicted octanol–water partition coefficient (Wildman–Crippen LogP) is 4.32. The number of thioether (sulfide) groups is 1. The highest BCUT2D eigenvalue weighted by atomic mass is 35.5. The molecule has 0 saturated carbocycles. The minimum atomic E-state index is 0.559. The van der Waals surface area contributed by atoms with Gasteiger partial charge >= 0.3 is 0 Å². The van der Waals surface area contributed by atoms with Gasteiger partial charge in [-0.15, -0.1) is 11.8 Å². The quantitative estimate of drug-likeness (QED) is 0.753. The van der Waals surface area contributed by atoms with Crippen LogP contribution in [0.3, 0.4) is 0 Å². The number of aromatic nitrogens is 1. The minimum absolute atomic E-state index is 0.559.